The second-order valence-corrected chi connectivity index (χ2v) is 3.34. The summed E-state index contributed by atoms with van der Waals surface area (Å²) in [6.45, 7) is 4.85. The fourth-order valence-corrected chi connectivity index (χ4v) is 1.10. The van der Waals surface area contributed by atoms with Crippen LogP contribution in [0.5, 0.6) is 0 Å². The summed E-state index contributed by atoms with van der Waals surface area (Å²) < 4.78 is 0. The molecule has 0 unspecified atom stereocenters. The number of rotatable bonds is 5. The number of hydrogen-bond acceptors (Lipinski definition) is 2. The predicted molar refractivity (Wildman–Crippen MR) is 56.6 cm³/mol. The summed E-state index contributed by atoms with van der Waals surface area (Å²) >= 11 is 0. The molecule has 0 radical (unpaired) electrons. The van der Waals surface area contributed by atoms with Gasteiger partial charge in [0.05, 0.1) is 0 Å². The van der Waals surface area contributed by atoms with Gasteiger partial charge >= 0.3 is 11.9 Å². The normalized spacial score (nSPS) is 13.4. The van der Waals surface area contributed by atoms with Gasteiger partial charge in [0.2, 0.25) is 0 Å². The number of carboxylic acid groups (broad SMARTS) is 2. The number of hydrogen-bond donors (Lipinski definition) is 2. The molecule has 0 bridgehead atoms. The lowest BCUT2D eigenvalue weighted by Gasteiger charge is -2.04. The van der Waals surface area contributed by atoms with Crippen molar-refractivity contribution in [2.45, 2.75) is 33.6 Å². The van der Waals surface area contributed by atoms with Gasteiger partial charge in [0.1, 0.15) is 0 Å². The minimum Gasteiger partial charge on any atom is -0.478 e. The lowest BCUT2D eigenvalue weighted by molar-refractivity contribution is -0.133. The summed E-state index contributed by atoms with van der Waals surface area (Å²) in [6.07, 6.45) is 2.78. The highest BCUT2D eigenvalue weighted by Gasteiger charge is 2.08. The molecule has 84 valence electrons. The molecule has 0 atom stereocenters. The minimum atomic E-state index is -1.03. The molecule has 0 fully saturated rings. The Bertz CT molecular complexity index is 323. The van der Waals surface area contributed by atoms with E-state index in [2.05, 4.69) is 0 Å². The lowest BCUT2D eigenvalue weighted by atomic mass is 10.0. The molecule has 0 aliphatic heterocycles. The van der Waals surface area contributed by atoms with Crippen molar-refractivity contribution >= 4 is 11.9 Å². The molecule has 0 saturated carbocycles. The average molecular weight is 212 g/mol. The first-order valence-electron chi connectivity index (χ1n) is 4.74. The van der Waals surface area contributed by atoms with Gasteiger partial charge in [-0.1, -0.05) is 13.3 Å². The highest BCUT2D eigenvalue weighted by Crippen LogP contribution is 2.15. The quantitative estimate of drug-likeness (QED) is 0.541. The van der Waals surface area contributed by atoms with Gasteiger partial charge < -0.3 is 10.2 Å². The summed E-state index contributed by atoms with van der Waals surface area (Å²) in [4.78, 5) is 21.3. The fourth-order valence-electron chi connectivity index (χ4n) is 1.10. The molecule has 0 saturated heterocycles. The van der Waals surface area contributed by atoms with Gasteiger partial charge in [0.25, 0.3) is 0 Å². The second-order valence-electron chi connectivity index (χ2n) is 3.34. The molecule has 2 N–H and O–H groups in total. The average Bonchev–Trinajstić information content (AvgIpc) is 2.15. The Morgan fingerprint density at radius 2 is 1.67 bits per heavy atom. The molecule has 0 aliphatic carbocycles. The third kappa shape index (κ3) is 4.44. The van der Waals surface area contributed by atoms with Crippen molar-refractivity contribution in [3.8, 4) is 0 Å². The Hall–Kier alpha value is -1.58. The Labute approximate surface area is 88.9 Å². The van der Waals surface area contributed by atoms with Crippen molar-refractivity contribution in [2.24, 2.45) is 0 Å². The standard InChI is InChI=1S/C11H16O4/c1-4-5-9(8(3)11(14)15)6-7(2)10(12)13/h6H,4-5H2,1-3H3,(H,12,13)(H,14,15). The van der Waals surface area contributed by atoms with Gasteiger partial charge in [0, 0.05) is 11.1 Å². The minimum absolute atomic E-state index is 0.152. The summed E-state index contributed by atoms with van der Waals surface area (Å²) in [6, 6.07) is 0. The molecule has 0 amide bonds. The zero-order chi connectivity index (χ0) is 12.0. The number of aliphatic carboxylic acids is 2. The molecule has 0 aromatic carbocycles. The Kier molecular flexibility index (Phi) is 5.37. The highest BCUT2D eigenvalue weighted by molar-refractivity contribution is 5.90. The summed E-state index contributed by atoms with van der Waals surface area (Å²) in [7, 11) is 0. The first kappa shape index (κ1) is 13.4. The molecule has 0 spiro atoms. The zero-order valence-corrected chi connectivity index (χ0v) is 9.20. The maximum atomic E-state index is 10.7. The smallest absolute Gasteiger partial charge is 0.331 e. The van der Waals surface area contributed by atoms with E-state index >= 15 is 0 Å². The van der Waals surface area contributed by atoms with Crippen LogP contribution in [0.25, 0.3) is 0 Å². The molecular weight excluding hydrogens is 196 g/mol. The van der Waals surface area contributed by atoms with Crippen LogP contribution in [0.3, 0.4) is 0 Å². The largest absolute Gasteiger partial charge is 0.478 e. The first-order valence-corrected chi connectivity index (χ1v) is 4.74. The van der Waals surface area contributed by atoms with Gasteiger partial charge in [0.15, 0.2) is 0 Å². The molecule has 4 heteroatoms. The molecule has 0 aliphatic rings. The van der Waals surface area contributed by atoms with Crippen LogP contribution in [0.4, 0.5) is 0 Å². The molecule has 15 heavy (non-hydrogen) atoms. The molecule has 0 rings (SSSR count). The molecular formula is C11H16O4. The number of carboxylic acids is 2. The molecule has 4 nitrogen and oxygen atoms in total. The predicted octanol–water partition coefficient (Wildman–Crippen LogP) is 2.22. The molecule has 0 heterocycles. The third-order valence-electron chi connectivity index (χ3n) is 2.05. The number of allylic oxidation sites excluding steroid dienone is 2. The van der Waals surface area contributed by atoms with Crippen LogP contribution >= 0.6 is 0 Å². The van der Waals surface area contributed by atoms with Crippen LogP contribution in [0.15, 0.2) is 22.8 Å². The number of carbonyl (C=O) groups is 2. The summed E-state index contributed by atoms with van der Waals surface area (Å²) in [5.74, 6) is -2.03. The zero-order valence-electron chi connectivity index (χ0n) is 9.20. The highest BCUT2D eigenvalue weighted by atomic mass is 16.4. The Morgan fingerprint density at radius 3 is 2.00 bits per heavy atom. The van der Waals surface area contributed by atoms with Crippen molar-refractivity contribution < 1.29 is 19.8 Å². The maximum Gasteiger partial charge on any atom is 0.331 e. The van der Waals surface area contributed by atoms with Crippen molar-refractivity contribution in [3.63, 3.8) is 0 Å². The topological polar surface area (TPSA) is 74.6 Å². The fraction of sp³-hybridized carbons (Fsp3) is 0.455. The van der Waals surface area contributed by atoms with Crippen molar-refractivity contribution in [1.82, 2.24) is 0 Å². The van der Waals surface area contributed by atoms with Gasteiger partial charge in [-0.3, -0.25) is 0 Å². The van der Waals surface area contributed by atoms with Crippen LogP contribution in [0.1, 0.15) is 33.6 Å². The van der Waals surface area contributed by atoms with E-state index in [0.717, 1.165) is 6.42 Å². The molecule has 0 aromatic rings. The van der Waals surface area contributed by atoms with E-state index < -0.39 is 11.9 Å². The molecule has 0 aromatic heterocycles. The van der Waals surface area contributed by atoms with Gasteiger partial charge in [-0.05, 0) is 31.9 Å². The van der Waals surface area contributed by atoms with Gasteiger partial charge in [-0.2, -0.15) is 0 Å². The van der Waals surface area contributed by atoms with Crippen molar-refractivity contribution in [2.75, 3.05) is 0 Å². The van der Waals surface area contributed by atoms with Crippen LogP contribution < -0.4 is 0 Å². The van der Waals surface area contributed by atoms with Crippen LogP contribution in [-0.4, -0.2) is 22.2 Å². The van der Waals surface area contributed by atoms with Crippen molar-refractivity contribution in [3.05, 3.63) is 22.8 Å². The first-order chi connectivity index (χ1) is 6.90. The maximum absolute atomic E-state index is 10.7. The monoisotopic (exact) mass is 212 g/mol. The van der Waals surface area contributed by atoms with E-state index in [1.54, 1.807) is 0 Å². The lowest BCUT2D eigenvalue weighted by Crippen LogP contribution is -2.02. The van der Waals surface area contributed by atoms with Crippen LogP contribution in [-0.2, 0) is 9.59 Å². The van der Waals surface area contributed by atoms with E-state index in [0.29, 0.717) is 12.0 Å². The summed E-state index contributed by atoms with van der Waals surface area (Å²) in [5.41, 5.74) is 0.932. The van der Waals surface area contributed by atoms with E-state index in [1.807, 2.05) is 6.92 Å². The second kappa shape index (κ2) is 6.01. The van der Waals surface area contributed by atoms with Gasteiger partial charge in [-0.25, -0.2) is 9.59 Å². The summed E-state index contributed by atoms with van der Waals surface area (Å²) in [5, 5.41) is 17.5. The van der Waals surface area contributed by atoms with E-state index in [9.17, 15) is 9.59 Å². The van der Waals surface area contributed by atoms with Crippen LogP contribution in [0.2, 0.25) is 0 Å². The van der Waals surface area contributed by atoms with E-state index in [-0.39, 0.29) is 11.1 Å². The van der Waals surface area contributed by atoms with E-state index in [4.69, 9.17) is 10.2 Å². The Morgan fingerprint density at radius 1 is 1.13 bits per heavy atom. The van der Waals surface area contributed by atoms with E-state index in [1.165, 1.54) is 19.9 Å². The Balaban J connectivity index is 5.16. The van der Waals surface area contributed by atoms with Crippen molar-refractivity contribution in [1.29, 1.82) is 0 Å². The third-order valence-corrected chi connectivity index (χ3v) is 2.05. The van der Waals surface area contributed by atoms with Gasteiger partial charge in [-0.15, -0.1) is 0 Å². The van der Waals surface area contributed by atoms with Crippen LogP contribution in [0, 0.1) is 0 Å². The SMILES string of the molecule is CCCC(C=C(C)C(=O)O)=C(C)C(=O)O.